The second-order valence-corrected chi connectivity index (χ2v) is 5.29. The van der Waals surface area contributed by atoms with Gasteiger partial charge in [-0.3, -0.25) is 4.79 Å². The molecule has 0 saturated heterocycles. The van der Waals surface area contributed by atoms with E-state index >= 15 is 0 Å². The van der Waals surface area contributed by atoms with Crippen LogP contribution in [0, 0.1) is 5.41 Å². The van der Waals surface area contributed by atoms with Crippen LogP contribution >= 0.6 is 11.3 Å². The Morgan fingerprint density at radius 1 is 1.53 bits per heavy atom. The molecule has 0 aliphatic heterocycles. The first-order chi connectivity index (χ1) is 7.14. The van der Waals surface area contributed by atoms with E-state index in [1.807, 2.05) is 23.8 Å². The lowest BCUT2D eigenvalue weighted by Crippen LogP contribution is -2.36. The van der Waals surface area contributed by atoms with Crippen molar-refractivity contribution in [1.82, 2.24) is 0 Å². The summed E-state index contributed by atoms with van der Waals surface area (Å²) in [7, 11) is 0. The van der Waals surface area contributed by atoms with Crippen molar-refractivity contribution >= 4 is 17.1 Å². The lowest BCUT2D eigenvalue weighted by atomic mass is 9.69. The number of thiophene rings is 1. The standard InChI is InChI=1S/C12H16O2S/c1-12(6-3-2-4-10(12)13)11(14)9-5-7-15-8-9/h5,7-8,11,14H,2-4,6H2,1H3/t11?,12-/m1/s1. The Hall–Kier alpha value is -0.670. The van der Waals surface area contributed by atoms with Crippen molar-refractivity contribution in [2.75, 3.05) is 0 Å². The van der Waals surface area contributed by atoms with Crippen LogP contribution in [0.25, 0.3) is 0 Å². The van der Waals surface area contributed by atoms with Crippen molar-refractivity contribution < 1.29 is 9.90 Å². The molecule has 1 saturated carbocycles. The van der Waals surface area contributed by atoms with Gasteiger partial charge in [-0.05, 0) is 42.2 Å². The molecule has 0 bridgehead atoms. The molecule has 3 heteroatoms. The minimum Gasteiger partial charge on any atom is -0.387 e. The molecule has 1 aliphatic carbocycles. The summed E-state index contributed by atoms with van der Waals surface area (Å²) in [6, 6.07) is 1.91. The van der Waals surface area contributed by atoms with Crippen LogP contribution in [0.4, 0.5) is 0 Å². The number of rotatable bonds is 2. The molecule has 0 aromatic carbocycles. The zero-order valence-corrected chi connectivity index (χ0v) is 9.72. The van der Waals surface area contributed by atoms with Crippen LogP contribution in [0.1, 0.15) is 44.3 Å². The second-order valence-electron chi connectivity index (χ2n) is 4.51. The van der Waals surface area contributed by atoms with Crippen molar-refractivity contribution in [3.05, 3.63) is 22.4 Å². The molecular weight excluding hydrogens is 208 g/mol. The highest BCUT2D eigenvalue weighted by atomic mass is 32.1. The minimum absolute atomic E-state index is 0.215. The Morgan fingerprint density at radius 2 is 2.33 bits per heavy atom. The summed E-state index contributed by atoms with van der Waals surface area (Å²) >= 11 is 1.56. The van der Waals surface area contributed by atoms with Crippen molar-refractivity contribution in [2.45, 2.75) is 38.7 Å². The topological polar surface area (TPSA) is 37.3 Å². The Morgan fingerprint density at radius 3 is 2.93 bits per heavy atom. The molecule has 1 aromatic rings. The average molecular weight is 224 g/mol. The van der Waals surface area contributed by atoms with Gasteiger partial charge in [-0.1, -0.05) is 6.42 Å². The molecule has 2 atom stereocenters. The van der Waals surface area contributed by atoms with E-state index in [1.54, 1.807) is 11.3 Å². The van der Waals surface area contributed by atoms with Crippen LogP contribution in [0.5, 0.6) is 0 Å². The fourth-order valence-electron chi connectivity index (χ4n) is 2.29. The van der Waals surface area contributed by atoms with Crippen LogP contribution < -0.4 is 0 Å². The molecule has 15 heavy (non-hydrogen) atoms. The molecule has 1 heterocycles. The largest absolute Gasteiger partial charge is 0.387 e. The first-order valence-corrected chi connectivity index (χ1v) is 6.32. The van der Waals surface area contributed by atoms with E-state index in [0.717, 1.165) is 24.8 Å². The number of hydrogen-bond donors (Lipinski definition) is 1. The smallest absolute Gasteiger partial charge is 0.141 e. The Kier molecular flexibility index (Phi) is 2.94. The first kappa shape index (κ1) is 10.8. The molecule has 1 unspecified atom stereocenters. The van der Waals surface area contributed by atoms with Gasteiger partial charge in [-0.25, -0.2) is 0 Å². The zero-order valence-electron chi connectivity index (χ0n) is 8.90. The number of Topliss-reactive ketones (excluding diaryl/α,β-unsaturated/α-hetero) is 1. The first-order valence-electron chi connectivity index (χ1n) is 5.38. The number of carbonyl (C=O) groups excluding carboxylic acids is 1. The van der Waals surface area contributed by atoms with Crippen molar-refractivity contribution in [1.29, 1.82) is 0 Å². The van der Waals surface area contributed by atoms with Crippen LogP contribution in [-0.2, 0) is 4.79 Å². The van der Waals surface area contributed by atoms with Crippen LogP contribution in [0.2, 0.25) is 0 Å². The predicted octanol–water partition coefficient (Wildman–Crippen LogP) is 2.93. The van der Waals surface area contributed by atoms with Gasteiger partial charge in [0.15, 0.2) is 0 Å². The van der Waals surface area contributed by atoms with Crippen molar-refractivity contribution in [3.63, 3.8) is 0 Å². The van der Waals surface area contributed by atoms with Gasteiger partial charge < -0.3 is 5.11 Å². The highest BCUT2D eigenvalue weighted by Gasteiger charge is 2.42. The van der Waals surface area contributed by atoms with Gasteiger partial charge in [-0.15, -0.1) is 0 Å². The van der Waals surface area contributed by atoms with Crippen LogP contribution in [0.15, 0.2) is 16.8 Å². The lowest BCUT2D eigenvalue weighted by Gasteiger charge is -2.36. The third-order valence-electron chi connectivity index (χ3n) is 3.45. The van der Waals surface area contributed by atoms with E-state index in [2.05, 4.69) is 0 Å². The molecular formula is C12H16O2S. The molecule has 1 aromatic heterocycles. The number of aliphatic hydroxyl groups is 1. The summed E-state index contributed by atoms with van der Waals surface area (Å²) in [4.78, 5) is 11.9. The monoisotopic (exact) mass is 224 g/mol. The molecule has 82 valence electrons. The predicted molar refractivity (Wildman–Crippen MR) is 60.9 cm³/mol. The van der Waals surface area contributed by atoms with Gasteiger partial charge in [0.1, 0.15) is 5.78 Å². The quantitative estimate of drug-likeness (QED) is 0.838. The molecule has 1 fully saturated rings. The molecule has 1 aliphatic rings. The SMILES string of the molecule is C[C@@]1(C(O)c2ccsc2)CCCCC1=O. The molecule has 0 radical (unpaired) electrons. The lowest BCUT2D eigenvalue weighted by molar-refractivity contribution is -0.138. The van der Waals surface area contributed by atoms with E-state index < -0.39 is 11.5 Å². The Balaban J connectivity index is 2.24. The molecule has 2 nitrogen and oxygen atoms in total. The van der Waals surface area contributed by atoms with E-state index in [4.69, 9.17) is 0 Å². The fraction of sp³-hybridized carbons (Fsp3) is 0.583. The number of ketones is 1. The molecule has 2 rings (SSSR count). The highest BCUT2D eigenvalue weighted by molar-refractivity contribution is 7.07. The van der Waals surface area contributed by atoms with Gasteiger partial charge in [0.25, 0.3) is 0 Å². The third kappa shape index (κ3) is 1.86. The highest BCUT2D eigenvalue weighted by Crippen LogP contribution is 2.43. The molecule has 0 spiro atoms. The summed E-state index contributed by atoms with van der Waals surface area (Å²) in [6.45, 7) is 1.90. The van der Waals surface area contributed by atoms with Gasteiger partial charge >= 0.3 is 0 Å². The van der Waals surface area contributed by atoms with Gasteiger partial charge in [0, 0.05) is 6.42 Å². The fourth-order valence-corrected chi connectivity index (χ4v) is 2.97. The van der Waals surface area contributed by atoms with E-state index in [1.165, 1.54) is 0 Å². The van der Waals surface area contributed by atoms with Gasteiger partial charge in [-0.2, -0.15) is 11.3 Å². The maximum atomic E-state index is 11.9. The summed E-state index contributed by atoms with van der Waals surface area (Å²) in [6.07, 6.45) is 2.82. The maximum absolute atomic E-state index is 11.9. The van der Waals surface area contributed by atoms with Crippen LogP contribution in [0.3, 0.4) is 0 Å². The Bertz CT molecular complexity index is 345. The summed E-state index contributed by atoms with van der Waals surface area (Å²) < 4.78 is 0. The normalized spacial score (nSPS) is 29.1. The zero-order chi connectivity index (χ0) is 10.9. The number of aliphatic hydroxyl groups excluding tert-OH is 1. The summed E-state index contributed by atoms with van der Waals surface area (Å²) in [5.74, 6) is 0.215. The third-order valence-corrected chi connectivity index (χ3v) is 4.15. The van der Waals surface area contributed by atoms with Crippen molar-refractivity contribution in [3.8, 4) is 0 Å². The number of hydrogen-bond acceptors (Lipinski definition) is 3. The van der Waals surface area contributed by atoms with Gasteiger partial charge in [0.2, 0.25) is 0 Å². The van der Waals surface area contributed by atoms with Crippen LogP contribution in [-0.4, -0.2) is 10.9 Å². The van der Waals surface area contributed by atoms with Crippen molar-refractivity contribution in [2.24, 2.45) is 5.41 Å². The molecule has 0 amide bonds. The van der Waals surface area contributed by atoms with E-state index in [9.17, 15) is 9.90 Å². The minimum atomic E-state index is -0.628. The summed E-state index contributed by atoms with van der Waals surface area (Å²) in [5.41, 5.74) is 0.331. The van der Waals surface area contributed by atoms with Gasteiger partial charge in [0.05, 0.1) is 11.5 Å². The van der Waals surface area contributed by atoms with E-state index in [-0.39, 0.29) is 5.78 Å². The molecule has 1 N–H and O–H groups in total. The second kappa shape index (κ2) is 4.06. The summed E-state index contributed by atoms with van der Waals surface area (Å²) in [5, 5.41) is 14.1. The average Bonchev–Trinajstić information content (AvgIpc) is 2.74. The Labute approximate surface area is 93.9 Å². The van der Waals surface area contributed by atoms with E-state index in [0.29, 0.717) is 6.42 Å². The maximum Gasteiger partial charge on any atom is 0.141 e. The number of carbonyl (C=O) groups is 1.